The molecule has 3 rings (SSSR count). The highest BCUT2D eigenvalue weighted by molar-refractivity contribution is 5.66. The van der Waals surface area contributed by atoms with Gasteiger partial charge in [-0.1, -0.05) is 13.8 Å². The van der Waals surface area contributed by atoms with Crippen LogP contribution in [0.4, 0.5) is 5.82 Å². The summed E-state index contributed by atoms with van der Waals surface area (Å²) in [6.45, 7) is 7.41. The lowest BCUT2D eigenvalue weighted by Gasteiger charge is -2.20. The predicted octanol–water partition coefficient (Wildman–Crippen LogP) is 1.73. The van der Waals surface area contributed by atoms with Gasteiger partial charge < -0.3 is 20.5 Å². The minimum Gasteiger partial charge on any atom is -0.481 e. The number of ether oxygens (including phenoxy) is 1. The number of aryl methyl sites for hydroxylation is 3. The highest BCUT2D eigenvalue weighted by Gasteiger charge is 2.26. The van der Waals surface area contributed by atoms with Gasteiger partial charge in [0.15, 0.2) is 0 Å². The fraction of sp³-hybridized carbons (Fsp3) is 0.526. The molecule has 26 heavy (non-hydrogen) atoms. The summed E-state index contributed by atoms with van der Waals surface area (Å²) in [7, 11) is 1.61. The molecular weight excluding hydrogens is 330 g/mol. The summed E-state index contributed by atoms with van der Waals surface area (Å²) in [5, 5.41) is 16.6. The molecule has 0 saturated carbocycles. The van der Waals surface area contributed by atoms with Gasteiger partial charge in [0.2, 0.25) is 5.88 Å². The molecule has 0 unspecified atom stereocenters. The van der Waals surface area contributed by atoms with Crippen molar-refractivity contribution in [2.75, 3.05) is 25.5 Å². The minimum atomic E-state index is -0.417. The summed E-state index contributed by atoms with van der Waals surface area (Å²) in [5.41, 5.74) is 4.52. The fourth-order valence-corrected chi connectivity index (χ4v) is 3.22. The molecule has 0 spiro atoms. The van der Waals surface area contributed by atoms with E-state index in [-0.39, 0.29) is 6.04 Å². The molecule has 7 nitrogen and oxygen atoms in total. The van der Waals surface area contributed by atoms with Crippen LogP contribution in [0.25, 0.3) is 11.3 Å². The van der Waals surface area contributed by atoms with Crippen molar-refractivity contribution in [1.82, 2.24) is 20.3 Å². The number of hydrogen-bond donors (Lipinski definition) is 3. The number of aliphatic hydroxyl groups is 1. The lowest BCUT2D eigenvalue weighted by atomic mass is 10.1. The molecule has 2 aromatic rings. The molecule has 0 amide bonds. The molecule has 140 valence electrons. The van der Waals surface area contributed by atoms with Crippen molar-refractivity contribution in [2.45, 2.75) is 45.8 Å². The SMILES string of the molecule is CCc1nc(-c2ccc(OC)nc2C)c(CC)nc1N[C@@H]1CNC[C@@H]1O. The van der Waals surface area contributed by atoms with Crippen LogP contribution < -0.4 is 15.4 Å². The van der Waals surface area contributed by atoms with Gasteiger partial charge in [-0.25, -0.2) is 15.0 Å². The first-order chi connectivity index (χ1) is 12.6. The number of β-amino-alcohol motifs (C(OH)–C–C–N with tert-alkyl or cyclic N) is 1. The Balaban J connectivity index is 2.01. The van der Waals surface area contributed by atoms with Crippen molar-refractivity contribution in [1.29, 1.82) is 0 Å². The van der Waals surface area contributed by atoms with Crippen LogP contribution in [-0.2, 0) is 12.8 Å². The van der Waals surface area contributed by atoms with Crippen LogP contribution in [0.15, 0.2) is 12.1 Å². The van der Waals surface area contributed by atoms with E-state index in [0.717, 1.165) is 53.5 Å². The summed E-state index contributed by atoms with van der Waals surface area (Å²) >= 11 is 0. The van der Waals surface area contributed by atoms with Crippen LogP contribution >= 0.6 is 0 Å². The summed E-state index contributed by atoms with van der Waals surface area (Å²) in [6.07, 6.45) is 1.10. The number of aromatic nitrogens is 3. The third kappa shape index (κ3) is 3.64. The molecule has 1 aliphatic heterocycles. The molecule has 0 aromatic carbocycles. The van der Waals surface area contributed by atoms with Gasteiger partial charge in [0.1, 0.15) is 5.82 Å². The number of nitrogens with one attached hydrogen (secondary N) is 2. The molecule has 0 radical (unpaired) electrons. The topological polar surface area (TPSA) is 92.2 Å². The van der Waals surface area contributed by atoms with Crippen LogP contribution in [0.2, 0.25) is 0 Å². The van der Waals surface area contributed by atoms with Gasteiger partial charge in [-0.15, -0.1) is 0 Å². The number of nitrogens with zero attached hydrogens (tertiary/aromatic N) is 3. The maximum Gasteiger partial charge on any atom is 0.213 e. The molecule has 7 heteroatoms. The molecule has 3 N–H and O–H groups in total. The Morgan fingerprint density at radius 1 is 1.15 bits per heavy atom. The average Bonchev–Trinajstić information content (AvgIpc) is 3.06. The first-order valence-electron chi connectivity index (χ1n) is 9.14. The Morgan fingerprint density at radius 3 is 2.50 bits per heavy atom. The van der Waals surface area contributed by atoms with E-state index in [2.05, 4.69) is 29.5 Å². The Morgan fingerprint density at radius 2 is 1.92 bits per heavy atom. The Labute approximate surface area is 154 Å². The monoisotopic (exact) mass is 357 g/mol. The number of pyridine rings is 1. The molecule has 2 atom stereocenters. The van der Waals surface area contributed by atoms with E-state index in [9.17, 15) is 5.11 Å². The molecule has 0 bridgehead atoms. The quantitative estimate of drug-likeness (QED) is 0.725. The van der Waals surface area contributed by atoms with E-state index < -0.39 is 6.10 Å². The van der Waals surface area contributed by atoms with E-state index in [1.807, 2.05) is 19.1 Å². The summed E-state index contributed by atoms with van der Waals surface area (Å²) in [4.78, 5) is 14.2. The van der Waals surface area contributed by atoms with E-state index in [0.29, 0.717) is 12.4 Å². The summed E-state index contributed by atoms with van der Waals surface area (Å²) in [6, 6.07) is 3.79. The molecule has 3 heterocycles. The first-order valence-corrected chi connectivity index (χ1v) is 9.14. The normalized spacial score (nSPS) is 19.6. The number of hydrogen-bond acceptors (Lipinski definition) is 7. The lowest BCUT2D eigenvalue weighted by molar-refractivity contribution is 0.185. The highest BCUT2D eigenvalue weighted by Crippen LogP contribution is 2.28. The van der Waals surface area contributed by atoms with Gasteiger partial charge in [0.25, 0.3) is 0 Å². The van der Waals surface area contributed by atoms with Crippen molar-refractivity contribution in [2.24, 2.45) is 0 Å². The van der Waals surface area contributed by atoms with Crippen LogP contribution in [0, 0.1) is 6.92 Å². The van der Waals surface area contributed by atoms with E-state index in [1.54, 1.807) is 7.11 Å². The maximum atomic E-state index is 10.1. The zero-order valence-electron chi connectivity index (χ0n) is 15.8. The third-order valence-corrected chi connectivity index (χ3v) is 4.74. The second-order valence-electron chi connectivity index (χ2n) is 6.48. The minimum absolute atomic E-state index is 0.0467. The van der Waals surface area contributed by atoms with E-state index in [1.165, 1.54) is 0 Å². The van der Waals surface area contributed by atoms with Crippen molar-refractivity contribution in [3.8, 4) is 17.1 Å². The number of aliphatic hydroxyl groups excluding tert-OH is 1. The van der Waals surface area contributed by atoms with Gasteiger partial charge >= 0.3 is 0 Å². The first kappa shape index (κ1) is 18.5. The molecular formula is C19H27N5O2. The zero-order chi connectivity index (χ0) is 18.7. The van der Waals surface area contributed by atoms with Crippen LogP contribution in [0.1, 0.15) is 30.9 Å². The number of methoxy groups -OCH3 is 1. The number of anilines is 1. The lowest BCUT2D eigenvalue weighted by Crippen LogP contribution is -2.33. The van der Waals surface area contributed by atoms with Crippen molar-refractivity contribution < 1.29 is 9.84 Å². The smallest absolute Gasteiger partial charge is 0.213 e. The van der Waals surface area contributed by atoms with Gasteiger partial charge in [-0.05, 0) is 25.8 Å². The Kier molecular flexibility index (Phi) is 5.68. The van der Waals surface area contributed by atoms with E-state index in [4.69, 9.17) is 14.7 Å². The van der Waals surface area contributed by atoms with E-state index >= 15 is 0 Å². The third-order valence-electron chi connectivity index (χ3n) is 4.74. The summed E-state index contributed by atoms with van der Waals surface area (Å²) < 4.78 is 5.20. The fourth-order valence-electron chi connectivity index (χ4n) is 3.22. The molecule has 0 aliphatic carbocycles. The van der Waals surface area contributed by atoms with Crippen molar-refractivity contribution in [3.63, 3.8) is 0 Å². The summed E-state index contributed by atoms with van der Waals surface area (Å²) in [5.74, 6) is 1.36. The molecule has 1 fully saturated rings. The highest BCUT2D eigenvalue weighted by atomic mass is 16.5. The predicted molar refractivity (Wildman–Crippen MR) is 102 cm³/mol. The molecule has 1 saturated heterocycles. The van der Waals surface area contributed by atoms with Crippen LogP contribution in [-0.4, -0.2) is 52.4 Å². The second-order valence-corrected chi connectivity index (χ2v) is 6.48. The Bertz CT molecular complexity index is 781. The van der Waals surface area contributed by atoms with Gasteiger partial charge in [0, 0.05) is 24.7 Å². The zero-order valence-corrected chi connectivity index (χ0v) is 15.8. The van der Waals surface area contributed by atoms with Crippen molar-refractivity contribution in [3.05, 3.63) is 29.2 Å². The molecule has 2 aromatic heterocycles. The maximum absolute atomic E-state index is 10.1. The number of rotatable bonds is 6. The van der Waals surface area contributed by atoms with Crippen LogP contribution in [0.5, 0.6) is 5.88 Å². The Hall–Kier alpha value is -2.25. The van der Waals surface area contributed by atoms with Gasteiger partial charge in [0.05, 0.1) is 42.0 Å². The molecule has 1 aliphatic rings. The second kappa shape index (κ2) is 7.97. The average molecular weight is 357 g/mol. The van der Waals surface area contributed by atoms with Gasteiger partial charge in [-0.2, -0.15) is 0 Å². The van der Waals surface area contributed by atoms with Gasteiger partial charge in [-0.3, -0.25) is 0 Å². The standard InChI is InChI=1S/C19H27N5O2/c1-5-13-18(12-7-8-17(26-4)21-11(12)3)22-14(6-2)19(23-13)24-15-9-20-10-16(15)25/h7-8,15-16,20,25H,5-6,9-10H2,1-4H3,(H,23,24)/t15-,16+/m1/s1. The van der Waals surface area contributed by atoms with Crippen LogP contribution in [0.3, 0.4) is 0 Å². The van der Waals surface area contributed by atoms with Crippen molar-refractivity contribution >= 4 is 5.82 Å². The largest absolute Gasteiger partial charge is 0.481 e.